The molecule has 0 bridgehead atoms. The summed E-state index contributed by atoms with van der Waals surface area (Å²) in [6, 6.07) is 5.42. The molecule has 0 spiro atoms. The Bertz CT molecular complexity index is 341. The summed E-state index contributed by atoms with van der Waals surface area (Å²) < 4.78 is 0.872. The molecule has 0 saturated heterocycles. The van der Waals surface area contributed by atoms with Crippen LogP contribution in [0.25, 0.3) is 0 Å². The third-order valence-electron chi connectivity index (χ3n) is 1.74. The minimum atomic E-state index is 0.0236. The van der Waals surface area contributed by atoms with Gasteiger partial charge >= 0.3 is 0 Å². The second-order valence-corrected chi connectivity index (χ2v) is 4.16. The van der Waals surface area contributed by atoms with Crippen LogP contribution in [0.3, 0.4) is 0 Å². The molecule has 1 aromatic rings. The number of benzene rings is 1. The fourth-order valence-electron chi connectivity index (χ4n) is 1.10. The lowest BCUT2D eigenvalue weighted by Crippen LogP contribution is -2.24. The molecular weight excluding hydrogens is 265 g/mol. The molecular formula is C10H11BrClNO. The average Bonchev–Trinajstić information content (AvgIpc) is 2.10. The van der Waals surface area contributed by atoms with Gasteiger partial charge in [-0.1, -0.05) is 33.6 Å². The van der Waals surface area contributed by atoms with Gasteiger partial charge in [0.25, 0.3) is 0 Å². The van der Waals surface area contributed by atoms with Crippen molar-refractivity contribution in [2.24, 2.45) is 0 Å². The maximum absolute atomic E-state index is 11.3. The smallest absolute Gasteiger partial charge is 0.224 e. The maximum atomic E-state index is 11.3. The molecule has 76 valence electrons. The van der Waals surface area contributed by atoms with Crippen molar-refractivity contribution in [2.45, 2.75) is 13.3 Å². The molecule has 0 aliphatic carbocycles. The maximum Gasteiger partial charge on any atom is 0.224 e. The van der Waals surface area contributed by atoms with Crippen LogP contribution in [-0.4, -0.2) is 12.5 Å². The molecule has 2 nitrogen and oxygen atoms in total. The quantitative estimate of drug-likeness (QED) is 0.904. The molecule has 0 saturated carbocycles. The third kappa shape index (κ3) is 3.31. The highest BCUT2D eigenvalue weighted by atomic mass is 79.9. The summed E-state index contributed by atoms with van der Waals surface area (Å²) in [6.07, 6.45) is 0.381. The van der Waals surface area contributed by atoms with Crippen molar-refractivity contribution in [3.05, 3.63) is 33.3 Å². The Kier molecular flexibility index (Phi) is 4.42. The summed E-state index contributed by atoms with van der Waals surface area (Å²) in [7, 11) is 0. The number of amides is 1. The largest absolute Gasteiger partial charge is 0.356 e. The normalized spacial score (nSPS) is 9.93. The minimum absolute atomic E-state index is 0.0236. The Morgan fingerprint density at radius 2 is 2.29 bits per heavy atom. The molecule has 0 atom stereocenters. The lowest BCUT2D eigenvalue weighted by Gasteiger charge is -2.04. The van der Waals surface area contributed by atoms with E-state index in [0.29, 0.717) is 18.0 Å². The Morgan fingerprint density at radius 3 is 2.86 bits per heavy atom. The highest BCUT2D eigenvalue weighted by Crippen LogP contribution is 2.21. The zero-order chi connectivity index (χ0) is 10.6. The first-order valence-electron chi connectivity index (χ1n) is 4.34. The Labute approximate surface area is 96.8 Å². The third-order valence-corrected chi connectivity index (χ3v) is 2.71. The number of carbonyl (C=O) groups excluding carboxylic acids is 1. The standard InChI is InChI=1S/C10H11BrClNO/c1-2-13-10(14)5-7-3-4-8(12)6-9(7)11/h3-4,6H,2,5H2,1H3,(H,13,14). The molecule has 0 aliphatic rings. The molecule has 1 rings (SSSR count). The first-order valence-corrected chi connectivity index (χ1v) is 5.51. The van der Waals surface area contributed by atoms with Gasteiger partial charge in [-0.3, -0.25) is 4.79 Å². The zero-order valence-electron chi connectivity index (χ0n) is 7.81. The van der Waals surface area contributed by atoms with Gasteiger partial charge in [-0.25, -0.2) is 0 Å². The number of rotatable bonds is 3. The van der Waals surface area contributed by atoms with Crippen molar-refractivity contribution >= 4 is 33.4 Å². The number of likely N-dealkylation sites (N-methyl/N-ethyl adjacent to an activating group) is 1. The average molecular weight is 277 g/mol. The predicted molar refractivity (Wildman–Crippen MR) is 61.5 cm³/mol. The van der Waals surface area contributed by atoms with Crippen LogP contribution in [0.15, 0.2) is 22.7 Å². The van der Waals surface area contributed by atoms with E-state index < -0.39 is 0 Å². The molecule has 1 amide bonds. The second-order valence-electron chi connectivity index (χ2n) is 2.87. The van der Waals surface area contributed by atoms with E-state index in [2.05, 4.69) is 21.2 Å². The summed E-state index contributed by atoms with van der Waals surface area (Å²) in [6.45, 7) is 2.55. The van der Waals surface area contributed by atoms with Gasteiger partial charge in [0.05, 0.1) is 6.42 Å². The molecule has 0 aliphatic heterocycles. The monoisotopic (exact) mass is 275 g/mol. The van der Waals surface area contributed by atoms with Crippen molar-refractivity contribution in [1.29, 1.82) is 0 Å². The van der Waals surface area contributed by atoms with E-state index in [-0.39, 0.29) is 5.91 Å². The summed E-state index contributed by atoms with van der Waals surface area (Å²) >= 11 is 9.15. The second kappa shape index (κ2) is 5.37. The van der Waals surface area contributed by atoms with E-state index in [9.17, 15) is 4.79 Å². The highest BCUT2D eigenvalue weighted by Gasteiger charge is 2.05. The summed E-state index contributed by atoms with van der Waals surface area (Å²) in [5, 5.41) is 3.41. The van der Waals surface area contributed by atoms with E-state index in [1.807, 2.05) is 13.0 Å². The molecule has 0 unspecified atom stereocenters. The van der Waals surface area contributed by atoms with Crippen LogP contribution >= 0.6 is 27.5 Å². The van der Waals surface area contributed by atoms with Crippen molar-refractivity contribution in [3.8, 4) is 0 Å². The first kappa shape index (κ1) is 11.5. The van der Waals surface area contributed by atoms with E-state index in [4.69, 9.17) is 11.6 Å². The molecule has 0 radical (unpaired) electrons. The summed E-state index contributed by atoms with van der Waals surface area (Å²) in [4.78, 5) is 11.3. The molecule has 1 aromatic carbocycles. The number of carbonyl (C=O) groups is 1. The van der Waals surface area contributed by atoms with E-state index in [0.717, 1.165) is 10.0 Å². The van der Waals surface area contributed by atoms with Crippen LogP contribution in [0.1, 0.15) is 12.5 Å². The lowest BCUT2D eigenvalue weighted by molar-refractivity contribution is -0.120. The summed E-state index contributed by atoms with van der Waals surface area (Å²) in [5.74, 6) is 0.0236. The first-order chi connectivity index (χ1) is 6.63. The van der Waals surface area contributed by atoms with Crippen molar-refractivity contribution in [2.75, 3.05) is 6.54 Å². The number of halogens is 2. The number of nitrogens with one attached hydrogen (secondary N) is 1. The zero-order valence-corrected chi connectivity index (χ0v) is 10.2. The van der Waals surface area contributed by atoms with Gasteiger partial charge in [0, 0.05) is 16.0 Å². The number of hydrogen-bond acceptors (Lipinski definition) is 1. The van der Waals surface area contributed by atoms with Crippen LogP contribution in [0.4, 0.5) is 0 Å². The van der Waals surface area contributed by atoms with Crippen LogP contribution in [0.2, 0.25) is 5.02 Å². The van der Waals surface area contributed by atoms with Crippen LogP contribution in [-0.2, 0) is 11.2 Å². The molecule has 0 heterocycles. The van der Waals surface area contributed by atoms with Crippen molar-refractivity contribution in [1.82, 2.24) is 5.32 Å². The number of hydrogen-bond donors (Lipinski definition) is 1. The Hall–Kier alpha value is -0.540. The summed E-state index contributed by atoms with van der Waals surface area (Å²) in [5.41, 5.74) is 0.945. The van der Waals surface area contributed by atoms with Crippen LogP contribution in [0, 0.1) is 0 Å². The van der Waals surface area contributed by atoms with E-state index >= 15 is 0 Å². The van der Waals surface area contributed by atoms with Gasteiger partial charge < -0.3 is 5.32 Å². The molecule has 14 heavy (non-hydrogen) atoms. The minimum Gasteiger partial charge on any atom is -0.356 e. The topological polar surface area (TPSA) is 29.1 Å². The molecule has 1 N–H and O–H groups in total. The van der Waals surface area contributed by atoms with Gasteiger partial charge in [-0.05, 0) is 24.6 Å². The highest BCUT2D eigenvalue weighted by molar-refractivity contribution is 9.10. The Morgan fingerprint density at radius 1 is 1.57 bits per heavy atom. The van der Waals surface area contributed by atoms with Gasteiger partial charge in [-0.15, -0.1) is 0 Å². The molecule has 0 fully saturated rings. The molecule has 4 heteroatoms. The van der Waals surface area contributed by atoms with Gasteiger partial charge in [0.2, 0.25) is 5.91 Å². The van der Waals surface area contributed by atoms with Crippen LogP contribution < -0.4 is 5.32 Å². The van der Waals surface area contributed by atoms with Crippen molar-refractivity contribution < 1.29 is 4.79 Å². The van der Waals surface area contributed by atoms with Gasteiger partial charge in [-0.2, -0.15) is 0 Å². The van der Waals surface area contributed by atoms with E-state index in [1.165, 1.54) is 0 Å². The van der Waals surface area contributed by atoms with E-state index in [1.54, 1.807) is 12.1 Å². The SMILES string of the molecule is CCNC(=O)Cc1ccc(Cl)cc1Br. The van der Waals surface area contributed by atoms with Crippen LogP contribution in [0.5, 0.6) is 0 Å². The fraction of sp³-hybridized carbons (Fsp3) is 0.300. The van der Waals surface area contributed by atoms with Crippen molar-refractivity contribution in [3.63, 3.8) is 0 Å². The fourth-order valence-corrected chi connectivity index (χ4v) is 1.92. The van der Waals surface area contributed by atoms with Gasteiger partial charge in [0.15, 0.2) is 0 Å². The van der Waals surface area contributed by atoms with Gasteiger partial charge in [0.1, 0.15) is 0 Å². The lowest BCUT2D eigenvalue weighted by atomic mass is 10.1. The predicted octanol–water partition coefficient (Wildman–Crippen LogP) is 2.78. The Balaban J connectivity index is 2.72. The molecule has 0 aromatic heterocycles.